The standard InChI is InChI=1S/C15H30N2O2S/c1-13(2)6-11-20-12-15(18)17-8-4-14(5-9-17)19-10-3-7-16/h13-14H,3-12,16H2,1-2H3. The van der Waals surface area contributed by atoms with Crippen LogP contribution in [-0.4, -0.2) is 54.7 Å². The van der Waals surface area contributed by atoms with Gasteiger partial charge >= 0.3 is 0 Å². The fourth-order valence-electron chi connectivity index (χ4n) is 2.18. The molecule has 0 spiro atoms. The topological polar surface area (TPSA) is 55.6 Å². The van der Waals surface area contributed by atoms with Gasteiger partial charge < -0.3 is 15.4 Å². The quantitative estimate of drug-likeness (QED) is 0.663. The molecule has 1 aliphatic heterocycles. The average molecular weight is 302 g/mol. The van der Waals surface area contributed by atoms with Gasteiger partial charge in [0.1, 0.15) is 0 Å². The number of piperidine rings is 1. The highest BCUT2D eigenvalue weighted by Gasteiger charge is 2.22. The Morgan fingerprint density at radius 2 is 2.10 bits per heavy atom. The minimum absolute atomic E-state index is 0.291. The predicted octanol–water partition coefficient (Wildman–Crippen LogP) is 2.12. The molecule has 1 heterocycles. The van der Waals surface area contributed by atoms with Crippen molar-refractivity contribution in [2.75, 3.05) is 37.7 Å². The number of rotatable bonds is 9. The number of hydrogen-bond donors (Lipinski definition) is 1. The first-order chi connectivity index (χ1) is 9.63. The van der Waals surface area contributed by atoms with E-state index in [0.717, 1.165) is 50.6 Å². The van der Waals surface area contributed by atoms with Crippen molar-refractivity contribution >= 4 is 17.7 Å². The lowest BCUT2D eigenvalue weighted by atomic mass is 10.1. The maximum absolute atomic E-state index is 12.1. The monoisotopic (exact) mass is 302 g/mol. The molecular formula is C15H30N2O2S. The van der Waals surface area contributed by atoms with Gasteiger partial charge in [-0.3, -0.25) is 4.79 Å². The summed E-state index contributed by atoms with van der Waals surface area (Å²) in [6.07, 6.45) is 4.36. The number of ether oxygens (including phenoxy) is 1. The normalized spacial score (nSPS) is 16.9. The van der Waals surface area contributed by atoms with Gasteiger partial charge in [-0.05, 0) is 43.9 Å². The van der Waals surface area contributed by atoms with E-state index in [9.17, 15) is 4.79 Å². The van der Waals surface area contributed by atoms with Gasteiger partial charge in [0.05, 0.1) is 11.9 Å². The van der Waals surface area contributed by atoms with E-state index < -0.39 is 0 Å². The molecule has 20 heavy (non-hydrogen) atoms. The fraction of sp³-hybridized carbons (Fsp3) is 0.933. The molecule has 1 fully saturated rings. The highest BCUT2D eigenvalue weighted by Crippen LogP contribution is 2.16. The second-order valence-electron chi connectivity index (χ2n) is 5.83. The van der Waals surface area contributed by atoms with Crippen LogP contribution in [0, 0.1) is 5.92 Å². The fourth-order valence-corrected chi connectivity index (χ4v) is 3.31. The van der Waals surface area contributed by atoms with E-state index in [1.54, 1.807) is 11.8 Å². The van der Waals surface area contributed by atoms with Crippen LogP contribution in [0.4, 0.5) is 0 Å². The summed E-state index contributed by atoms with van der Waals surface area (Å²) in [6, 6.07) is 0. The molecule has 1 saturated heterocycles. The van der Waals surface area contributed by atoms with Crippen molar-refractivity contribution in [3.8, 4) is 0 Å². The maximum atomic E-state index is 12.1. The van der Waals surface area contributed by atoms with Gasteiger partial charge in [0.25, 0.3) is 0 Å². The highest BCUT2D eigenvalue weighted by atomic mass is 32.2. The molecule has 0 aliphatic carbocycles. The number of likely N-dealkylation sites (tertiary alicyclic amines) is 1. The number of carbonyl (C=O) groups is 1. The Labute approximate surface area is 127 Å². The number of thioether (sulfide) groups is 1. The number of carbonyl (C=O) groups excluding carboxylic acids is 1. The summed E-state index contributed by atoms with van der Waals surface area (Å²) in [6.45, 7) is 7.56. The minimum atomic E-state index is 0.291. The Morgan fingerprint density at radius 3 is 2.70 bits per heavy atom. The van der Waals surface area contributed by atoms with Crippen LogP contribution in [-0.2, 0) is 9.53 Å². The first-order valence-corrected chi connectivity index (χ1v) is 8.96. The summed E-state index contributed by atoms with van der Waals surface area (Å²) in [5, 5.41) is 0. The summed E-state index contributed by atoms with van der Waals surface area (Å²) in [7, 11) is 0. The second kappa shape index (κ2) is 10.5. The van der Waals surface area contributed by atoms with Crippen molar-refractivity contribution in [2.24, 2.45) is 11.7 Å². The van der Waals surface area contributed by atoms with Gasteiger partial charge in [-0.25, -0.2) is 0 Å². The number of hydrogen-bond acceptors (Lipinski definition) is 4. The number of nitrogens with zero attached hydrogens (tertiary/aromatic N) is 1. The van der Waals surface area contributed by atoms with Crippen molar-refractivity contribution in [1.29, 1.82) is 0 Å². The molecule has 4 nitrogen and oxygen atoms in total. The number of nitrogens with two attached hydrogens (primary N) is 1. The van der Waals surface area contributed by atoms with Crippen LogP contribution in [0.5, 0.6) is 0 Å². The molecule has 1 aliphatic rings. The van der Waals surface area contributed by atoms with Crippen LogP contribution in [0.15, 0.2) is 0 Å². The van der Waals surface area contributed by atoms with E-state index in [1.165, 1.54) is 6.42 Å². The molecule has 0 aromatic carbocycles. The van der Waals surface area contributed by atoms with Crippen LogP contribution < -0.4 is 5.73 Å². The van der Waals surface area contributed by atoms with Gasteiger partial charge in [-0.15, -0.1) is 0 Å². The third kappa shape index (κ3) is 7.50. The van der Waals surface area contributed by atoms with E-state index in [4.69, 9.17) is 10.5 Å². The Bertz CT molecular complexity index is 267. The first kappa shape index (κ1) is 17.8. The van der Waals surface area contributed by atoms with Gasteiger partial charge in [-0.2, -0.15) is 11.8 Å². The SMILES string of the molecule is CC(C)CCSCC(=O)N1CCC(OCCCN)CC1. The summed E-state index contributed by atoms with van der Waals surface area (Å²) in [5.74, 6) is 2.73. The first-order valence-electron chi connectivity index (χ1n) is 7.80. The zero-order chi connectivity index (χ0) is 14.8. The highest BCUT2D eigenvalue weighted by molar-refractivity contribution is 7.99. The van der Waals surface area contributed by atoms with Gasteiger partial charge in [0, 0.05) is 19.7 Å². The minimum Gasteiger partial charge on any atom is -0.378 e. The molecule has 0 bridgehead atoms. The van der Waals surface area contributed by atoms with Gasteiger partial charge in [0.15, 0.2) is 0 Å². The summed E-state index contributed by atoms with van der Waals surface area (Å²) in [4.78, 5) is 14.0. The van der Waals surface area contributed by atoms with Crippen LogP contribution in [0.1, 0.15) is 39.5 Å². The number of amides is 1. The smallest absolute Gasteiger partial charge is 0.232 e. The lowest BCUT2D eigenvalue weighted by molar-refractivity contribution is -0.130. The van der Waals surface area contributed by atoms with Crippen molar-refractivity contribution in [1.82, 2.24) is 4.90 Å². The lowest BCUT2D eigenvalue weighted by Gasteiger charge is -2.32. The van der Waals surface area contributed by atoms with Crippen molar-refractivity contribution < 1.29 is 9.53 Å². The van der Waals surface area contributed by atoms with E-state index in [1.807, 2.05) is 4.90 Å². The third-order valence-electron chi connectivity index (χ3n) is 3.56. The molecule has 0 unspecified atom stereocenters. The van der Waals surface area contributed by atoms with E-state index >= 15 is 0 Å². The maximum Gasteiger partial charge on any atom is 0.232 e. The Hall–Kier alpha value is -0.260. The Kier molecular flexibility index (Phi) is 9.31. The molecule has 0 atom stereocenters. The molecule has 0 radical (unpaired) electrons. The largest absolute Gasteiger partial charge is 0.378 e. The second-order valence-corrected chi connectivity index (χ2v) is 6.93. The molecule has 5 heteroatoms. The zero-order valence-corrected chi connectivity index (χ0v) is 13.8. The van der Waals surface area contributed by atoms with Gasteiger partial charge in [-0.1, -0.05) is 13.8 Å². The van der Waals surface area contributed by atoms with E-state index in [2.05, 4.69) is 13.8 Å². The van der Waals surface area contributed by atoms with Crippen LogP contribution in [0.25, 0.3) is 0 Å². The van der Waals surface area contributed by atoms with Crippen LogP contribution >= 0.6 is 11.8 Å². The third-order valence-corrected chi connectivity index (χ3v) is 4.54. The van der Waals surface area contributed by atoms with Crippen molar-refractivity contribution in [3.63, 3.8) is 0 Å². The van der Waals surface area contributed by atoms with Crippen LogP contribution in [0.2, 0.25) is 0 Å². The lowest BCUT2D eigenvalue weighted by Crippen LogP contribution is -2.41. The summed E-state index contributed by atoms with van der Waals surface area (Å²) < 4.78 is 5.75. The van der Waals surface area contributed by atoms with Crippen molar-refractivity contribution in [3.05, 3.63) is 0 Å². The Morgan fingerprint density at radius 1 is 1.40 bits per heavy atom. The zero-order valence-electron chi connectivity index (χ0n) is 13.0. The van der Waals surface area contributed by atoms with Gasteiger partial charge in [0.2, 0.25) is 5.91 Å². The summed E-state index contributed by atoms with van der Waals surface area (Å²) >= 11 is 1.76. The van der Waals surface area contributed by atoms with E-state index in [-0.39, 0.29) is 0 Å². The molecule has 2 N–H and O–H groups in total. The van der Waals surface area contributed by atoms with Crippen LogP contribution in [0.3, 0.4) is 0 Å². The molecule has 118 valence electrons. The predicted molar refractivity (Wildman–Crippen MR) is 86.0 cm³/mol. The Balaban J connectivity index is 2.09. The molecule has 0 aromatic rings. The molecule has 0 saturated carbocycles. The van der Waals surface area contributed by atoms with Crippen molar-refractivity contribution in [2.45, 2.75) is 45.6 Å². The van der Waals surface area contributed by atoms with E-state index in [0.29, 0.717) is 24.3 Å². The molecule has 0 aromatic heterocycles. The molecule has 1 rings (SSSR count). The molecule has 1 amide bonds. The molecular weight excluding hydrogens is 272 g/mol. The average Bonchev–Trinajstić information content (AvgIpc) is 2.44. The summed E-state index contributed by atoms with van der Waals surface area (Å²) in [5.41, 5.74) is 5.45.